The minimum Gasteiger partial charge on any atom is -0.347 e. The van der Waals surface area contributed by atoms with Gasteiger partial charge in [-0.2, -0.15) is 5.10 Å². The number of halogens is 2. The molecular formula is C14H14F2N4O2. The van der Waals surface area contributed by atoms with E-state index in [4.69, 9.17) is 0 Å². The number of aromatic nitrogens is 2. The van der Waals surface area contributed by atoms with Crippen molar-refractivity contribution in [2.45, 2.75) is 12.8 Å². The second-order valence-corrected chi connectivity index (χ2v) is 4.55. The van der Waals surface area contributed by atoms with E-state index < -0.39 is 23.4 Å². The Morgan fingerprint density at radius 2 is 2.05 bits per heavy atom. The minimum atomic E-state index is -0.563. The number of amides is 2. The monoisotopic (exact) mass is 308 g/mol. The molecule has 2 amide bonds. The molecule has 6 nitrogen and oxygen atoms in total. The van der Waals surface area contributed by atoms with Crippen LogP contribution in [0, 0.1) is 11.6 Å². The first kappa shape index (κ1) is 15.6. The summed E-state index contributed by atoms with van der Waals surface area (Å²) in [7, 11) is 0. The summed E-state index contributed by atoms with van der Waals surface area (Å²) in [5.74, 6) is -1.96. The van der Waals surface area contributed by atoms with Crippen LogP contribution in [0.15, 0.2) is 30.6 Å². The lowest BCUT2D eigenvalue weighted by Gasteiger charge is -2.06. The maximum absolute atomic E-state index is 13.4. The third-order valence-corrected chi connectivity index (χ3v) is 2.86. The van der Waals surface area contributed by atoms with Gasteiger partial charge in [0.1, 0.15) is 11.6 Å². The Morgan fingerprint density at radius 3 is 2.77 bits per heavy atom. The molecule has 1 heterocycles. The van der Waals surface area contributed by atoms with Crippen molar-refractivity contribution in [1.82, 2.24) is 15.5 Å². The van der Waals surface area contributed by atoms with E-state index in [0.717, 1.165) is 18.2 Å². The van der Waals surface area contributed by atoms with Gasteiger partial charge in [-0.15, -0.1) is 0 Å². The van der Waals surface area contributed by atoms with Gasteiger partial charge in [-0.05, 0) is 30.2 Å². The first-order chi connectivity index (χ1) is 10.5. The molecule has 0 bridgehead atoms. The Morgan fingerprint density at radius 1 is 1.23 bits per heavy atom. The summed E-state index contributed by atoms with van der Waals surface area (Å²) in [6, 6.07) is 3.08. The van der Waals surface area contributed by atoms with E-state index in [1.165, 1.54) is 12.4 Å². The summed E-state index contributed by atoms with van der Waals surface area (Å²) in [4.78, 5) is 23.1. The van der Waals surface area contributed by atoms with Crippen LogP contribution in [0.25, 0.3) is 0 Å². The number of anilines is 1. The molecule has 2 rings (SSSR count). The molecule has 0 saturated heterocycles. The average Bonchev–Trinajstić information content (AvgIpc) is 2.99. The maximum Gasteiger partial charge on any atom is 0.243 e. The van der Waals surface area contributed by atoms with Gasteiger partial charge in [0.2, 0.25) is 11.8 Å². The van der Waals surface area contributed by atoms with Crippen LogP contribution in [0.1, 0.15) is 12.0 Å². The molecule has 0 aliphatic carbocycles. The van der Waals surface area contributed by atoms with Gasteiger partial charge in [-0.3, -0.25) is 14.7 Å². The molecule has 0 radical (unpaired) electrons. The SMILES string of the molecule is O=C(CCc1cc(F)ccc1F)NCC(=O)Nc1cn[nH]c1. The van der Waals surface area contributed by atoms with Crippen molar-refractivity contribution in [3.05, 3.63) is 47.8 Å². The topological polar surface area (TPSA) is 86.9 Å². The molecular weight excluding hydrogens is 294 g/mol. The van der Waals surface area contributed by atoms with E-state index in [9.17, 15) is 18.4 Å². The zero-order chi connectivity index (χ0) is 15.9. The van der Waals surface area contributed by atoms with Gasteiger partial charge >= 0.3 is 0 Å². The van der Waals surface area contributed by atoms with Crippen LogP contribution in [-0.2, 0) is 16.0 Å². The van der Waals surface area contributed by atoms with Crippen molar-refractivity contribution < 1.29 is 18.4 Å². The number of H-pyrrole nitrogens is 1. The van der Waals surface area contributed by atoms with Crippen molar-refractivity contribution in [2.24, 2.45) is 0 Å². The molecule has 0 atom stereocenters. The number of nitrogens with one attached hydrogen (secondary N) is 3. The number of benzene rings is 1. The Bertz CT molecular complexity index is 659. The third kappa shape index (κ3) is 4.65. The Hall–Kier alpha value is -2.77. The summed E-state index contributed by atoms with van der Waals surface area (Å²) in [5.41, 5.74) is 0.610. The largest absolute Gasteiger partial charge is 0.347 e. The molecule has 0 aliphatic heterocycles. The summed E-state index contributed by atoms with van der Waals surface area (Å²) in [5, 5.41) is 11.1. The smallest absolute Gasteiger partial charge is 0.243 e. The van der Waals surface area contributed by atoms with E-state index in [1.54, 1.807) is 0 Å². The molecule has 0 unspecified atom stereocenters. The quantitative estimate of drug-likeness (QED) is 0.753. The first-order valence-corrected chi connectivity index (χ1v) is 6.54. The molecule has 8 heteroatoms. The molecule has 22 heavy (non-hydrogen) atoms. The number of carbonyl (C=O) groups is 2. The van der Waals surface area contributed by atoms with Gasteiger partial charge in [-0.25, -0.2) is 8.78 Å². The number of rotatable bonds is 6. The normalized spacial score (nSPS) is 10.3. The summed E-state index contributed by atoms with van der Waals surface area (Å²) >= 11 is 0. The number of nitrogens with zero attached hydrogens (tertiary/aromatic N) is 1. The number of hydrogen-bond acceptors (Lipinski definition) is 3. The predicted octanol–water partition coefficient (Wildman–Crippen LogP) is 1.38. The highest BCUT2D eigenvalue weighted by atomic mass is 19.1. The van der Waals surface area contributed by atoms with Gasteiger partial charge in [0.15, 0.2) is 0 Å². The second-order valence-electron chi connectivity index (χ2n) is 4.55. The van der Waals surface area contributed by atoms with E-state index in [-0.39, 0.29) is 24.9 Å². The van der Waals surface area contributed by atoms with Gasteiger partial charge in [0, 0.05) is 12.6 Å². The van der Waals surface area contributed by atoms with Gasteiger partial charge in [0.25, 0.3) is 0 Å². The number of carbonyl (C=O) groups excluding carboxylic acids is 2. The van der Waals surface area contributed by atoms with Crippen molar-refractivity contribution >= 4 is 17.5 Å². The van der Waals surface area contributed by atoms with Crippen molar-refractivity contribution in [1.29, 1.82) is 0 Å². The average molecular weight is 308 g/mol. The van der Waals surface area contributed by atoms with Crippen LogP contribution < -0.4 is 10.6 Å². The van der Waals surface area contributed by atoms with E-state index in [1.807, 2.05) is 0 Å². The first-order valence-electron chi connectivity index (χ1n) is 6.54. The number of hydrogen-bond donors (Lipinski definition) is 3. The highest BCUT2D eigenvalue weighted by Crippen LogP contribution is 2.11. The van der Waals surface area contributed by atoms with Crippen LogP contribution in [0.5, 0.6) is 0 Å². The molecule has 1 aromatic carbocycles. The van der Waals surface area contributed by atoms with Crippen LogP contribution in [0.4, 0.5) is 14.5 Å². The summed E-state index contributed by atoms with van der Waals surface area (Å²) in [6.07, 6.45) is 2.93. The molecule has 116 valence electrons. The Kier molecular flexibility index (Phi) is 5.18. The predicted molar refractivity (Wildman–Crippen MR) is 74.9 cm³/mol. The maximum atomic E-state index is 13.4. The standard InChI is InChI=1S/C14H14F2N4O2/c15-10-2-3-12(16)9(5-10)1-4-13(21)17-8-14(22)20-11-6-18-19-7-11/h2-3,5-7H,1,4,8H2,(H,17,21)(H,18,19)(H,20,22). The van der Waals surface area contributed by atoms with E-state index in [0.29, 0.717) is 5.69 Å². The summed E-state index contributed by atoms with van der Waals surface area (Å²) < 4.78 is 26.4. The van der Waals surface area contributed by atoms with E-state index >= 15 is 0 Å². The lowest BCUT2D eigenvalue weighted by molar-refractivity contribution is -0.124. The summed E-state index contributed by atoms with van der Waals surface area (Å²) in [6.45, 7) is -0.213. The molecule has 0 spiro atoms. The van der Waals surface area contributed by atoms with Crippen molar-refractivity contribution in [3.8, 4) is 0 Å². The molecule has 2 aromatic rings. The molecule has 0 aliphatic rings. The lowest BCUT2D eigenvalue weighted by atomic mass is 10.1. The van der Waals surface area contributed by atoms with E-state index in [2.05, 4.69) is 20.8 Å². The molecule has 1 aromatic heterocycles. The Balaban J connectivity index is 1.74. The number of aromatic amines is 1. The van der Waals surface area contributed by atoms with Crippen LogP contribution >= 0.6 is 0 Å². The number of aryl methyl sites for hydroxylation is 1. The fourth-order valence-corrected chi connectivity index (χ4v) is 1.77. The molecule has 0 fully saturated rings. The fourth-order valence-electron chi connectivity index (χ4n) is 1.77. The lowest BCUT2D eigenvalue weighted by Crippen LogP contribution is -2.32. The van der Waals surface area contributed by atoms with Gasteiger partial charge in [0.05, 0.1) is 18.4 Å². The molecule has 0 saturated carbocycles. The zero-order valence-electron chi connectivity index (χ0n) is 11.5. The van der Waals surface area contributed by atoms with Gasteiger partial charge < -0.3 is 10.6 Å². The zero-order valence-corrected chi connectivity index (χ0v) is 11.5. The van der Waals surface area contributed by atoms with Crippen LogP contribution in [0.3, 0.4) is 0 Å². The third-order valence-electron chi connectivity index (χ3n) is 2.86. The van der Waals surface area contributed by atoms with Gasteiger partial charge in [-0.1, -0.05) is 0 Å². The minimum absolute atomic E-state index is 0.0423. The second kappa shape index (κ2) is 7.30. The van der Waals surface area contributed by atoms with Crippen molar-refractivity contribution in [3.63, 3.8) is 0 Å². The van der Waals surface area contributed by atoms with Crippen molar-refractivity contribution in [2.75, 3.05) is 11.9 Å². The highest BCUT2D eigenvalue weighted by Gasteiger charge is 2.09. The molecule has 3 N–H and O–H groups in total. The highest BCUT2D eigenvalue weighted by molar-refractivity contribution is 5.94. The van der Waals surface area contributed by atoms with Crippen LogP contribution in [0.2, 0.25) is 0 Å². The fraction of sp³-hybridized carbons (Fsp3) is 0.214. The Labute approximate surface area is 124 Å². The van der Waals surface area contributed by atoms with Crippen LogP contribution in [-0.4, -0.2) is 28.6 Å².